The van der Waals surface area contributed by atoms with Crippen LogP contribution < -0.4 is 0 Å². The summed E-state index contributed by atoms with van der Waals surface area (Å²) in [6, 6.07) is 0. The molecule has 1 nitrogen and oxygen atoms in total. The van der Waals surface area contributed by atoms with Crippen molar-refractivity contribution in [2.24, 2.45) is 0 Å². The van der Waals surface area contributed by atoms with E-state index in [2.05, 4.69) is 4.74 Å². The van der Waals surface area contributed by atoms with Gasteiger partial charge in [0.15, 0.2) is 0 Å². The van der Waals surface area contributed by atoms with Gasteiger partial charge in [0.05, 0.1) is 13.2 Å². The van der Waals surface area contributed by atoms with Crippen molar-refractivity contribution < 1.29 is 48.6 Å². The van der Waals surface area contributed by atoms with Crippen molar-refractivity contribution in [3.05, 3.63) is 0 Å². The highest BCUT2D eigenvalue weighted by Gasteiger charge is 2.57. The Morgan fingerprint density at radius 2 is 0.789 bits per heavy atom. The molecule has 0 saturated heterocycles. The minimum atomic E-state index is -5.83. The molecule has 0 aliphatic heterocycles. The van der Waals surface area contributed by atoms with E-state index in [-0.39, 0.29) is 0 Å². The molecular weight excluding hydrogens is 302 g/mol. The number of ether oxygens (including phenoxy) is 1. The van der Waals surface area contributed by atoms with Crippen molar-refractivity contribution in [2.45, 2.75) is 37.0 Å². The van der Waals surface area contributed by atoms with Crippen LogP contribution in [-0.4, -0.2) is 37.4 Å². The van der Waals surface area contributed by atoms with Crippen LogP contribution in [0.25, 0.3) is 0 Å². The Morgan fingerprint density at radius 3 is 1.00 bits per heavy atom. The molecule has 0 fully saturated rings. The van der Waals surface area contributed by atoms with E-state index in [0.717, 1.165) is 0 Å². The smallest absolute Gasteiger partial charge is 0.381 e. The zero-order valence-corrected chi connectivity index (χ0v) is 9.02. The number of hydrogen-bond donors (Lipinski definition) is 0. The average molecular weight is 310 g/mol. The quantitative estimate of drug-likeness (QED) is 0.528. The van der Waals surface area contributed by atoms with Gasteiger partial charge >= 0.3 is 24.2 Å². The Labute approximate surface area is 100 Å². The summed E-state index contributed by atoms with van der Waals surface area (Å²) in [5.74, 6) is -10.2. The van der Waals surface area contributed by atoms with E-state index in [4.69, 9.17) is 0 Å². The van der Waals surface area contributed by atoms with Crippen molar-refractivity contribution in [1.29, 1.82) is 0 Å². The lowest BCUT2D eigenvalue weighted by Crippen LogP contribution is -2.38. The van der Waals surface area contributed by atoms with Gasteiger partial charge in [0.1, 0.15) is 0 Å². The van der Waals surface area contributed by atoms with Gasteiger partial charge in [0.2, 0.25) is 0 Å². The summed E-state index contributed by atoms with van der Waals surface area (Å²) in [5.41, 5.74) is 0. The van der Waals surface area contributed by atoms with Crippen LogP contribution in [-0.2, 0) is 4.74 Å². The Bertz CT molecular complexity index is 250. The molecule has 0 saturated carbocycles. The van der Waals surface area contributed by atoms with Gasteiger partial charge in [-0.1, -0.05) is 0 Å². The van der Waals surface area contributed by atoms with Crippen molar-refractivity contribution in [2.75, 3.05) is 13.2 Å². The molecule has 0 aromatic carbocycles. The highest BCUT2D eigenvalue weighted by atomic mass is 19.4. The van der Waals surface area contributed by atoms with E-state index < -0.39 is 50.3 Å². The minimum Gasteiger partial charge on any atom is -0.381 e. The van der Waals surface area contributed by atoms with E-state index in [0.29, 0.717) is 0 Å². The van der Waals surface area contributed by atoms with Gasteiger partial charge in [-0.15, -0.1) is 0 Å². The monoisotopic (exact) mass is 310 g/mol. The van der Waals surface area contributed by atoms with E-state index in [1.807, 2.05) is 0 Å². The lowest BCUT2D eigenvalue weighted by molar-refractivity contribution is -0.291. The third-order valence-corrected chi connectivity index (χ3v) is 1.95. The Morgan fingerprint density at radius 1 is 0.526 bits per heavy atom. The van der Waals surface area contributed by atoms with Crippen molar-refractivity contribution in [3.63, 3.8) is 0 Å². The van der Waals surface area contributed by atoms with Crippen molar-refractivity contribution in [3.8, 4) is 0 Å². The van der Waals surface area contributed by atoms with Crippen LogP contribution in [0.5, 0.6) is 0 Å². The maximum Gasteiger partial charge on any atom is 0.453 e. The van der Waals surface area contributed by atoms with Crippen LogP contribution >= 0.6 is 0 Å². The highest BCUT2D eigenvalue weighted by molar-refractivity contribution is 4.76. The fourth-order valence-corrected chi connectivity index (χ4v) is 0.786. The molecule has 0 spiro atoms. The number of hydrogen-bond acceptors (Lipinski definition) is 1. The summed E-state index contributed by atoms with van der Waals surface area (Å²) in [6.45, 7) is -2.58. The lowest BCUT2D eigenvalue weighted by Gasteiger charge is -2.21. The summed E-state index contributed by atoms with van der Waals surface area (Å²) < 4.78 is 123. The van der Waals surface area contributed by atoms with Crippen LogP contribution in [0, 0.1) is 0 Å². The van der Waals surface area contributed by atoms with Crippen molar-refractivity contribution in [1.82, 2.24) is 0 Å². The normalized spacial score (nSPS) is 14.8. The second-order valence-corrected chi connectivity index (χ2v) is 3.52. The summed E-state index contributed by atoms with van der Waals surface area (Å²) in [5, 5.41) is 0. The zero-order valence-electron chi connectivity index (χ0n) is 9.02. The molecule has 0 rings (SSSR count). The number of rotatable bonds is 6. The van der Waals surface area contributed by atoms with Gasteiger partial charge in [-0.25, -0.2) is 0 Å². The standard InChI is InChI=1S/C8H8F10O/c9-5(10,7(13,14)15)1-3-19-4-2-6(11,12)8(16,17)18/h1-4H2. The third kappa shape index (κ3) is 5.41. The molecule has 0 bridgehead atoms. The second-order valence-electron chi connectivity index (χ2n) is 3.52. The van der Waals surface area contributed by atoms with Crippen LogP contribution in [0.15, 0.2) is 0 Å². The molecule has 19 heavy (non-hydrogen) atoms. The van der Waals surface area contributed by atoms with Gasteiger partial charge in [0.25, 0.3) is 0 Å². The second kappa shape index (κ2) is 5.71. The fourth-order valence-electron chi connectivity index (χ4n) is 0.786. The van der Waals surface area contributed by atoms with Gasteiger partial charge < -0.3 is 4.74 Å². The van der Waals surface area contributed by atoms with Gasteiger partial charge in [-0.3, -0.25) is 0 Å². The Kier molecular flexibility index (Phi) is 5.49. The average Bonchev–Trinajstić information content (AvgIpc) is 2.12. The summed E-state index contributed by atoms with van der Waals surface area (Å²) >= 11 is 0. The maximum atomic E-state index is 12.2. The molecule has 116 valence electrons. The van der Waals surface area contributed by atoms with Gasteiger partial charge in [-0.05, 0) is 0 Å². The zero-order chi connectivity index (χ0) is 15.5. The largest absolute Gasteiger partial charge is 0.453 e. The summed E-state index contributed by atoms with van der Waals surface area (Å²) in [6.07, 6.45) is -15.4. The summed E-state index contributed by atoms with van der Waals surface area (Å²) in [7, 11) is 0. The van der Waals surface area contributed by atoms with E-state index in [1.54, 1.807) is 0 Å². The van der Waals surface area contributed by atoms with E-state index in [9.17, 15) is 43.9 Å². The minimum absolute atomic E-state index is 1.29. The Balaban J connectivity index is 4.03. The molecule has 0 heterocycles. The van der Waals surface area contributed by atoms with E-state index in [1.165, 1.54) is 0 Å². The summed E-state index contributed by atoms with van der Waals surface area (Å²) in [4.78, 5) is 0. The first-order chi connectivity index (χ1) is 8.21. The molecule has 0 aliphatic carbocycles. The maximum absolute atomic E-state index is 12.2. The third-order valence-electron chi connectivity index (χ3n) is 1.95. The molecule has 0 radical (unpaired) electrons. The van der Waals surface area contributed by atoms with Crippen LogP contribution in [0.2, 0.25) is 0 Å². The van der Waals surface area contributed by atoms with E-state index >= 15 is 0 Å². The predicted octanol–water partition coefficient (Wildman–Crippen LogP) is 4.18. The lowest BCUT2D eigenvalue weighted by atomic mass is 10.2. The Hall–Kier alpha value is -0.740. The van der Waals surface area contributed by atoms with Gasteiger partial charge in [0, 0.05) is 12.8 Å². The SMILES string of the molecule is FC(F)(F)C(F)(F)CCOCCC(F)(F)C(F)(F)F. The van der Waals surface area contributed by atoms with Crippen LogP contribution in [0.1, 0.15) is 12.8 Å². The molecule has 0 atom stereocenters. The number of alkyl halides is 10. The van der Waals surface area contributed by atoms with Gasteiger partial charge in [-0.2, -0.15) is 43.9 Å². The van der Waals surface area contributed by atoms with Crippen LogP contribution in [0.4, 0.5) is 43.9 Å². The molecule has 0 amide bonds. The first-order valence-electron chi connectivity index (χ1n) is 4.67. The molecule has 11 heteroatoms. The molecular formula is C8H8F10O. The highest BCUT2D eigenvalue weighted by Crippen LogP contribution is 2.39. The molecule has 0 aromatic rings. The fraction of sp³-hybridized carbons (Fsp3) is 1.00. The predicted molar refractivity (Wildman–Crippen MR) is 42.1 cm³/mol. The first-order valence-corrected chi connectivity index (χ1v) is 4.67. The van der Waals surface area contributed by atoms with Crippen molar-refractivity contribution >= 4 is 0 Å². The molecule has 0 aromatic heterocycles. The number of halogens is 10. The first kappa shape index (κ1) is 18.3. The van der Waals surface area contributed by atoms with Crippen LogP contribution in [0.3, 0.4) is 0 Å². The topological polar surface area (TPSA) is 9.23 Å². The molecule has 0 N–H and O–H groups in total. The molecule has 0 unspecified atom stereocenters. The molecule has 0 aliphatic rings.